The summed E-state index contributed by atoms with van der Waals surface area (Å²) in [7, 11) is 0. The van der Waals surface area contributed by atoms with Crippen LogP contribution >= 0.6 is 18.1 Å². The molecule has 0 spiro atoms. The first-order chi connectivity index (χ1) is 13.1. The van der Waals surface area contributed by atoms with Crippen molar-refractivity contribution in [3.63, 3.8) is 0 Å². The van der Waals surface area contributed by atoms with Crippen LogP contribution in [0.1, 0.15) is 61.8 Å². The van der Waals surface area contributed by atoms with Crippen molar-refractivity contribution < 1.29 is 23.4 Å². The lowest BCUT2D eigenvalue weighted by atomic mass is 9.89. The SMILES string of the molecule is CC(C)(C)NP(=O)(OC(C)(C)C)SCCOC(=O)C(C)(C)CCN1CCOCC1. The predicted molar refractivity (Wildman–Crippen MR) is 120 cm³/mol. The largest absolute Gasteiger partial charge is 0.464 e. The summed E-state index contributed by atoms with van der Waals surface area (Å²) in [6, 6.07) is 0. The molecular formula is C20H41N2O5PS. The molecule has 0 saturated carbocycles. The lowest BCUT2D eigenvalue weighted by Gasteiger charge is -2.32. The van der Waals surface area contributed by atoms with Crippen molar-refractivity contribution in [1.82, 2.24) is 9.99 Å². The first-order valence-corrected chi connectivity index (χ1v) is 13.6. The van der Waals surface area contributed by atoms with Gasteiger partial charge in [-0.25, -0.2) is 5.09 Å². The number of carbonyl (C=O) groups is 1. The summed E-state index contributed by atoms with van der Waals surface area (Å²) in [6.07, 6.45) is 0.732. The Morgan fingerprint density at radius 2 is 1.69 bits per heavy atom. The van der Waals surface area contributed by atoms with E-state index in [1.54, 1.807) is 0 Å². The van der Waals surface area contributed by atoms with Gasteiger partial charge in [0.1, 0.15) is 6.61 Å². The van der Waals surface area contributed by atoms with Crippen molar-refractivity contribution in [3.8, 4) is 0 Å². The van der Waals surface area contributed by atoms with Gasteiger partial charge in [0.2, 0.25) is 0 Å². The zero-order valence-electron chi connectivity index (χ0n) is 19.5. The highest BCUT2D eigenvalue weighted by Gasteiger charge is 2.35. The second-order valence-corrected chi connectivity index (χ2v) is 14.4. The second kappa shape index (κ2) is 11.0. The van der Waals surface area contributed by atoms with E-state index in [0.29, 0.717) is 5.75 Å². The van der Waals surface area contributed by atoms with Crippen molar-refractivity contribution in [2.24, 2.45) is 5.41 Å². The Kier molecular flexibility index (Phi) is 10.2. The molecule has 0 aromatic carbocycles. The van der Waals surface area contributed by atoms with Crippen LogP contribution in [0.4, 0.5) is 0 Å². The average Bonchev–Trinajstić information content (AvgIpc) is 2.54. The van der Waals surface area contributed by atoms with Gasteiger partial charge in [-0.1, -0.05) is 11.4 Å². The van der Waals surface area contributed by atoms with Crippen LogP contribution in [0.3, 0.4) is 0 Å². The monoisotopic (exact) mass is 452 g/mol. The van der Waals surface area contributed by atoms with Crippen molar-refractivity contribution >= 4 is 24.1 Å². The van der Waals surface area contributed by atoms with Gasteiger partial charge < -0.3 is 14.0 Å². The van der Waals surface area contributed by atoms with Gasteiger partial charge in [0.05, 0.1) is 24.2 Å². The van der Waals surface area contributed by atoms with Crippen LogP contribution in [0.25, 0.3) is 0 Å². The Labute approximate surface area is 181 Å². The Hall–Kier alpha value is -0.110. The summed E-state index contributed by atoms with van der Waals surface area (Å²) in [5.41, 5.74) is -1.46. The average molecular weight is 453 g/mol. The van der Waals surface area contributed by atoms with Gasteiger partial charge in [-0.05, 0) is 68.4 Å². The van der Waals surface area contributed by atoms with E-state index in [1.807, 2.05) is 55.4 Å². The number of carbonyl (C=O) groups excluding carboxylic acids is 1. The molecule has 1 aliphatic heterocycles. The molecule has 0 aliphatic carbocycles. The predicted octanol–water partition coefficient (Wildman–Crippen LogP) is 4.32. The number of nitrogens with one attached hydrogen (secondary N) is 1. The molecule has 0 amide bonds. The van der Waals surface area contributed by atoms with Crippen LogP contribution < -0.4 is 5.09 Å². The second-order valence-electron chi connectivity index (χ2n) is 10.1. The summed E-state index contributed by atoms with van der Waals surface area (Å²) in [4.78, 5) is 14.8. The van der Waals surface area contributed by atoms with E-state index < -0.39 is 17.7 Å². The summed E-state index contributed by atoms with van der Waals surface area (Å²) >= 11 is 1.19. The quantitative estimate of drug-likeness (QED) is 0.298. The normalized spacial score (nSPS) is 19.0. The molecule has 1 heterocycles. The maximum Gasteiger partial charge on any atom is 0.327 e. The van der Waals surface area contributed by atoms with Gasteiger partial charge in [0, 0.05) is 24.4 Å². The number of hydrogen-bond acceptors (Lipinski definition) is 7. The van der Waals surface area contributed by atoms with Crippen LogP contribution in [0.5, 0.6) is 0 Å². The highest BCUT2D eigenvalue weighted by Crippen LogP contribution is 2.59. The summed E-state index contributed by atoms with van der Waals surface area (Å²) in [5.74, 6) is 0.184. The Morgan fingerprint density at radius 1 is 1.10 bits per heavy atom. The molecule has 172 valence electrons. The molecule has 1 unspecified atom stereocenters. The molecule has 1 atom stereocenters. The third kappa shape index (κ3) is 11.7. The third-order valence-corrected chi connectivity index (χ3v) is 8.64. The number of hydrogen-bond donors (Lipinski definition) is 1. The van der Waals surface area contributed by atoms with E-state index in [0.717, 1.165) is 39.3 Å². The van der Waals surface area contributed by atoms with Crippen molar-refractivity contribution in [2.45, 2.75) is 73.0 Å². The van der Waals surface area contributed by atoms with Gasteiger partial charge in [0.15, 0.2) is 0 Å². The van der Waals surface area contributed by atoms with E-state index in [9.17, 15) is 9.36 Å². The van der Waals surface area contributed by atoms with Gasteiger partial charge in [0.25, 0.3) is 0 Å². The maximum absolute atomic E-state index is 13.2. The molecule has 9 heteroatoms. The Bertz CT molecular complexity index is 546. The van der Waals surface area contributed by atoms with E-state index in [2.05, 4.69) is 9.99 Å². The van der Waals surface area contributed by atoms with Crippen LogP contribution in [0.2, 0.25) is 0 Å². The number of nitrogens with zero attached hydrogens (tertiary/aromatic N) is 1. The maximum atomic E-state index is 13.2. The fourth-order valence-corrected chi connectivity index (χ4v) is 7.60. The van der Waals surface area contributed by atoms with Crippen molar-refractivity contribution in [3.05, 3.63) is 0 Å². The fraction of sp³-hybridized carbons (Fsp3) is 0.950. The van der Waals surface area contributed by atoms with Crippen LogP contribution in [0.15, 0.2) is 0 Å². The summed E-state index contributed by atoms with van der Waals surface area (Å²) in [6.45, 7) is 16.5. The minimum Gasteiger partial charge on any atom is -0.464 e. The van der Waals surface area contributed by atoms with E-state index in [-0.39, 0.29) is 18.1 Å². The molecule has 7 nitrogen and oxygen atoms in total. The molecule has 1 fully saturated rings. The summed E-state index contributed by atoms with van der Waals surface area (Å²) < 4.78 is 29.9. The first-order valence-electron chi connectivity index (χ1n) is 10.3. The van der Waals surface area contributed by atoms with E-state index >= 15 is 0 Å². The zero-order chi connectivity index (χ0) is 22.3. The number of esters is 1. The standard InChI is InChI=1S/C20H41N2O5PS/c1-18(2,3)21-28(24,27-19(4,5)6)29-16-15-26-17(23)20(7,8)9-10-22-11-13-25-14-12-22/h9-16H2,1-8H3,(H,21,24). The van der Waals surface area contributed by atoms with Gasteiger partial charge in [-0.3, -0.25) is 14.3 Å². The number of rotatable bonds is 10. The zero-order valence-corrected chi connectivity index (χ0v) is 21.2. The molecule has 1 saturated heterocycles. The van der Waals surface area contributed by atoms with Crippen molar-refractivity contribution in [1.29, 1.82) is 0 Å². The van der Waals surface area contributed by atoms with Crippen LogP contribution in [-0.2, 0) is 23.4 Å². The van der Waals surface area contributed by atoms with Gasteiger partial charge in [-0.15, -0.1) is 0 Å². The van der Waals surface area contributed by atoms with Gasteiger partial charge in [-0.2, -0.15) is 0 Å². The van der Waals surface area contributed by atoms with E-state index in [4.69, 9.17) is 14.0 Å². The molecule has 0 aromatic heterocycles. The first kappa shape index (κ1) is 26.9. The van der Waals surface area contributed by atoms with Crippen LogP contribution in [-0.4, -0.2) is 67.2 Å². The molecule has 1 rings (SSSR count). The minimum absolute atomic E-state index is 0.202. The van der Waals surface area contributed by atoms with Crippen LogP contribution in [0, 0.1) is 5.41 Å². The topological polar surface area (TPSA) is 77.1 Å². The summed E-state index contributed by atoms with van der Waals surface area (Å²) in [5, 5.41) is 3.10. The van der Waals surface area contributed by atoms with Gasteiger partial charge >= 0.3 is 12.7 Å². The highest BCUT2D eigenvalue weighted by molar-refractivity contribution is 8.56. The molecule has 1 aliphatic rings. The lowest BCUT2D eigenvalue weighted by molar-refractivity contribution is -0.153. The Balaban J connectivity index is 2.47. The number of ether oxygens (including phenoxy) is 2. The Morgan fingerprint density at radius 3 is 2.21 bits per heavy atom. The molecule has 0 bridgehead atoms. The molecule has 29 heavy (non-hydrogen) atoms. The molecule has 1 N–H and O–H groups in total. The smallest absolute Gasteiger partial charge is 0.327 e. The fourth-order valence-electron chi connectivity index (χ4n) is 2.70. The highest BCUT2D eigenvalue weighted by atomic mass is 32.7. The number of morpholine rings is 1. The van der Waals surface area contributed by atoms with Crippen molar-refractivity contribution in [2.75, 3.05) is 45.2 Å². The minimum atomic E-state index is -3.14. The third-order valence-electron chi connectivity index (χ3n) is 4.15. The molecule has 0 radical (unpaired) electrons. The molecule has 0 aromatic rings. The lowest BCUT2D eigenvalue weighted by Crippen LogP contribution is -2.39. The molecular weight excluding hydrogens is 411 g/mol. The van der Waals surface area contributed by atoms with E-state index in [1.165, 1.54) is 11.4 Å².